The fraction of sp³-hybridized carbons (Fsp3) is 0.667. The first-order valence-corrected chi connectivity index (χ1v) is 6.03. The maximum Gasteiger partial charge on any atom is 0.216 e. The molecule has 1 saturated heterocycles. The molecule has 0 aliphatic carbocycles. The third-order valence-corrected chi connectivity index (χ3v) is 2.99. The maximum atomic E-state index is 5.71. The van der Waals surface area contributed by atoms with Gasteiger partial charge in [-0.2, -0.15) is 0 Å². The van der Waals surface area contributed by atoms with Gasteiger partial charge in [0.15, 0.2) is 0 Å². The number of aromatic nitrogens is 2. The van der Waals surface area contributed by atoms with Crippen LogP contribution in [0, 0.1) is 5.92 Å². The average Bonchev–Trinajstić information content (AvgIpc) is 2.38. The summed E-state index contributed by atoms with van der Waals surface area (Å²) in [5.74, 6) is 1.38. The second-order valence-corrected chi connectivity index (χ2v) is 4.21. The van der Waals surface area contributed by atoms with E-state index in [2.05, 4.69) is 22.2 Å². The molecule has 16 heavy (non-hydrogen) atoms. The summed E-state index contributed by atoms with van der Waals surface area (Å²) in [6.45, 7) is 5.08. The molecular formula is C12H19N3O. The Hall–Kier alpha value is -1.16. The molecule has 2 rings (SSSR count). The summed E-state index contributed by atoms with van der Waals surface area (Å²) in [4.78, 5) is 8.27. The fourth-order valence-corrected chi connectivity index (χ4v) is 1.90. The Bertz CT molecular complexity index is 324. The first-order valence-electron chi connectivity index (χ1n) is 6.03. The van der Waals surface area contributed by atoms with Crippen molar-refractivity contribution in [2.24, 2.45) is 5.92 Å². The lowest BCUT2D eigenvalue weighted by Gasteiger charge is -2.22. The highest BCUT2D eigenvalue weighted by Crippen LogP contribution is 2.14. The van der Waals surface area contributed by atoms with Crippen molar-refractivity contribution in [1.82, 2.24) is 15.3 Å². The predicted octanol–water partition coefficient (Wildman–Crippen LogP) is 1.42. The monoisotopic (exact) mass is 221 g/mol. The summed E-state index contributed by atoms with van der Waals surface area (Å²) in [5.41, 5.74) is 1.04. The van der Waals surface area contributed by atoms with Crippen LogP contribution in [0.3, 0.4) is 0 Å². The Kier molecular flexibility index (Phi) is 4.10. The molecule has 4 heteroatoms. The van der Waals surface area contributed by atoms with Crippen LogP contribution in [0.2, 0.25) is 0 Å². The molecule has 0 radical (unpaired) electrons. The summed E-state index contributed by atoms with van der Waals surface area (Å²) in [5, 5.41) is 3.35. The van der Waals surface area contributed by atoms with Gasteiger partial charge in [0.25, 0.3) is 0 Å². The van der Waals surface area contributed by atoms with Crippen LogP contribution in [0.4, 0.5) is 0 Å². The standard InChI is InChI=1S/C12H19N3O/c1-2-11-7-12(15-9-14-11)16-8-10-3-5-13-6-4-10/h7,9-10,13H,2-6,8H2,1H3. The smallest absolute Gasteiger partial charge is 0.216 e. The Morgan fingerprint density at radius 1 is 1.38 bits per heavy atom. The Balaban J connectivity index is 1.83. The van der Waals surface area contributed by atoms with Crippen molar-refractivity contribution in [3.63, 3.8) is 0 Å². The summed E-state index contributed by atoms with van der Waals surface area (Å²) in [7, 11) is 0. The molecule has 0 unspecified atom stereocenters. The zero-order valence-electron chi connectivity index (χ0n) is 9.78. The molecule has 1 aliphatic rings. The third kappa shape index (κ3) is 3.17. The van der Waals surface area contributed by atoms with E-state index in [4.69, 9.17) is 4.74 Å². The van der Waals surface area contributed by atoms with Crippen LogP contribution in [0.25, 0.3) is 0 Å². The lowest BCUT2D eigenvalue weighted by molar-refractivity contribution is 0.208. The van der Waals surface area contributed by atoms with Crippen LogP contribution in [0.15, 0.2) is 12.4 Å². The molecule has 1 aliphatic heterocycles. The molecule has 2 heterocycles. The average molecular weight is 221 g/mol. The van der Waals surface area contributed by atoms with E-state index in [9.17, 15) is 0 Å². The Labute approximate surface area is 96.4 Å². The largest absolute Gasteiger partial charge is 0.477 e. The molecular weight excluding hydrogens is 202 g/mol. The van der Waals surface area contributed by atoms with Crippen LogP contribution >= 0.6 is 0 Å². The normalized spacial score (nSPS) is 17.3. The van der Waals surface area contributed by atoms with Gasteiger partial charge in [-0.05, 0) is 38.3 Å². The number of ether oxygens (including phenoxy) is 1. The van der Waals surface area contributed by atoms with Crippen molar-refractivity contribution in [2.75, 3.05) is 19.7 Å². The first-order chi connectivity index (χ1) is 7.88. The number of hydrogen-bond acceptors (Lipinski definition) is 4. The molecule has 0 aromatic carbocycles. The SMILES string of the molecule is CCc1cc(OCC2CCNCC2)ncn1. The number of rotatable bonds is 4. The van der Waals surface area contributed by atoms with Gasteiger partial charge in [-0.1, -0.05) is 6.92 Å². The minimum absolute atomic E-state index is 0.668. The highest BCUT2D eigenvalue weighted by Gasteiger charge is 2.13. The molecule has 4 nitrogen and oxygen atoms in total. The third-order valence-electron chi connectivity index (χ3n) is 2.99. The van der Waals surface area contributed by atoms with Crippen molar-refractivity contribution in [2.45, 2.75) is 26.2 Å². The van der Waals surface area contributed by atoms with E-state index in [-0.39, 0.29) is 0 Å². The van der Waals surface area contributed by atoms with Crippen LogP contribution in [0.1, 0.15) is 25.5 Å². The molecule has 1 fully saturated rings. The van der Waals surface area contributed by atoms with E-state index in [0.29, 0.717) is 11.8 Å². The lowest BCUT2D eigenvalue weighted by atomic mass is 9.99. The quantitative estimate of drug-likeness (QED) is 0.835. The van der Waals surface area contributed by atoms with Gasteiger partial charge in [0.05, 0.1) is 6.61 Å². The number of nitrogens with zero attached hydrogens (tertiary/aromatic N) is 2. The molecule has 88 valence electrons. The Morgan fingerprint density at radius 3 is 2.94 bits per heavy atom. The van der Waals surface area contributed by atoms with E-state index >= 15 is 0 Å². The Morgan fingerprint density at radius 2 is 2.19 bits per heavy atom. The van der Waals surface area contributed by atoms with Crippen molar-refractivity contribution in [1.29, 1.82) is 0 Å². The topological polar surface area (TPSA) is 47.0 Å². The molecule has 0 bridgehead atoms. The van der Waals surface area contributed by atoms with Gasteiger partial charge < -0.3 is 10.1 Å². The van der Waals surface area contributed by atoms with Crippen LogP contribution < -0.4 is 10.1 Å². The number of aryl methyl sites for hydroxylation is 1. The molecule has 0 amide bonds. The van der Waals surface area contributed by atoms with E-state index < -0.39 is 0 Å². The molecule has 1 N–H and O–H groups in total. The summed E-state index contributed by atoms with van der Waals surface area (Å²) < 4.78 is 5.71. The molecule has 0 saturated carbocycles. The van der Waals surface area contributed by atoms with Crippen molar-refractivity contribution in [3.05, 3.63) is 18.1 Å². The van der Waals surface area contributed by atoms with Gasteiger partial charge in [-0.15, -0.1) is 0 Å². The molecule has 0 atom stereocenters. The maximum absolute atomic E-state index is 5.71. The minimum Gasteiger partial charge on any atom is -0.477 e. The molecule has 1 aromatic rings. The summed E-state index contributed by atoms with van der Waals surface area (Å²) >= 11 is 0. The number of nitrogens with one attached hydrogen (secondary N) is 1. The first kappa shape index (κ1) is 11.3. The second-order valence-electron chi connectivity index (χ2n) is 4.21. The minimum atomic E-state index is 0.668. The zero-order valence-corrected chi connectivity index (χ0v) is 9.78. The number of hydrogen-bond donors (Lipinski definition) is 1. The van der Waals surface area contributed by atoms with Gasteiger partial charge in [-0.25, -0.2) is 9.97 Å². The predicted molar refractivity (Wildman–Crippen MR) is 62.5 cm³/mol. The van der Waals surface area contributed by atoms with E-state index in [0.717, 1.165) is 31.8 Å². The molecule has 1 aromatic heterocycles. The van der Waals surface area contributed by atoms with Crippen molar-refractivity contribution < 1.29 is 4.74 Å². The zero-order chi connectivity index (χ0) is 11.2. The summed E-state index contributed by atoms with van der Waals surface area (Å²) in [6.07, 6.45) is 4.90. The van der Waals surface area contributed by atoms with Crippen LogP contribution in [-0.4, -0.2) is 29.7 Å². The molecule has 0 spiro atoms. The summed E-state index contributed by atoms with van der Waals surface area (Å²) in [6, 6.07) is 1.93. The van der Waals surface area contributed by atoms with Gasteiger partial charge in [0.2, 0.25) is 5.88 Å². The fourth-order valence-electron chi connectivity index (χ4n) is 1.90. The number of piperidine rings is 1. The highest BCUT2D eigenvalue weighted by molar-refractivity contribution is 5.13. The van der Waals surface area contributed by atoms with E-state index in [1.807, 2.05) is 6.07 Å². The highest BCUT2D eigenvalue weighted by atomic mass is 16.5. The van der Waals surface area contributed by atoms with Gasteiger partial charge in [-0.3, -0.25) is 0 Å². The van der Waals surface area contributed by atoms with Crippen molar-refractivity contribution in [3.8, 4) is 5.88 Å². The van der Waals surface area contributed by atoms with Gasteiger partial charge in [0.1, 0.15) is 6.33 Å². The van der Waals surface area contributed by atoms with Gasteiger partial charge >= 0.3 is 0 Å². The van der Waals surface area contributed by atoms with Gasteiger partial charge in [0, 0.05) is 11.8 Å². The van der Waals surface area contributed by atoms with Crippen LogP contribution in [-0.2, 0) is 6.42 Å². The second kappa shape index (κ2) is 5.80. The van der Waals surface area contributed by atoms with E-state index in [1.165, 1.54) is 12.8 Å². The van der Waals surface area contributed by atoms with E-state index in [1.54, 1.807) is 6.33 Å². The lowest BCUT2D eigenvalue weighted by Crippen LogP contribution is -2.30. The van der Waals surface area contributed by atoms with Crippen LogP contribution in [0.5, 0.6) is 5.88 Å². The van der Waals surface area contributed by atoms with Crippen molar-refractivity contribution >= 4 is 0 Å².